The van der Waals surface area contributed by atoms with Crippen LogP contribution in [0.25, 0.3) is 0 Å². The van der Waals surface area contributed by atoms with Crippen molar-refractivity contribution in [3.8, 4) is 0 Å². The summed E-state index contributed by atoms with van der Waals surface area (Å²) in [4.78, 5) is 19.6. The van der Waals surface area contributed by atoms with Gasteiger partial charge in [0, 0.05) is 6.54 Å². The monoisotopic (exact) mass is 330 g/mol. The van der Waals surface area contributed by atoms with E-state index in [0.717, 1.165) is 6.20 Å². The number of ether oxygens (including phenoxy) is 1. The molecular formula is C14H23FN4O4. The van der Waals surface area contributed by atoms with Crippen molar-refractivity contribution < 1.29 is 18.8 Å². The van der Waals surface area contributed by atoms with E-state index in [1.807, 2.05) is 20.8 Å². The number of nitrogens with zero attached hydrogens (tertiary/aromatic N) is 3. The predicted molar refractivity (Wildman–Crippen MR) is 81.8 cm³/mol. The molecule has 0 aliphatic carbocycles. The predicted octanol–water partition coefficient (Wildman–Crippen LogP) is 2.01. The van der Waals surface area contributed by atoms with Gasteiger partial charge in [0.25, 0.3) is 6.47 Å². The van der Waals surface area contributed by atoms with Gasteiger partial charge >= 0.3 is 5.69 Å². The summed E-state index contributed by atoms with van der Waals surface area (Å²) < 4.78 is 20.0. The van der Waals surface area contributed by atoms with Gasteiger partial charge in [0.2, 0.25) is 0 Å². The molecule has 2 unspecified atom stereocenters. The van der Waals surface area contributed by atoms with Crippen LogP contribution in [0.1, 0.15) is 40.2 Å². The zero-order valence-corrected chi connectivity index (χ0v) is 13.8. The minimum Gasteiger partial charge on any atom is -0.462 e. The molecule has 2 heterocycles. The van der Waals surface area contributed by atoms with Crippen LogP contribution in [-0.4, -0.2) is 45.5 Å². The molecule has 1 fully saturated rings. The minimum atomic E-state index is -1.43. The number of nitro groups is 1. The molecule has 0 amide bonds. The Bertz CT molecular complexity index is 539. The second-order valence-electron chi connectivity index (χ2n) is 6.52. The van der Waals surface area contributed by atoms with E-state index in [1.165, 1.54) is 17.8 Å². The van der Waals surface area contributed by atoms with Crippen molar-refractivity contribution in [3.05, 3.63) is 22.5 Å². The van der Waals surface area contributed by atoms with Crippen molar-refractivity contribution >= 4 is 12.2 Å². The average molecular weight is 330 g/mol. The molecule has 1 saturated heterocycles. The molecule has 130 valence electrons. The first kappa shape index (κ1) is 19.0. The number of aromatic nitrogens is 2. The summed E-state index contributed by atoms with van der Waals surface area (Å²) >= 11 is 0. The van der Waals surface area contributed by atoms with Crippen molar-refractivity contribution in [3.63, 3.8) is 0 Å². The Morgan fingerprint density at radius 3 is 2.65 bits per heavy atom. The van der Waals surface area contributed by atoms with Crippen LogP contribution in [0, 0.1) is 10.1 Å². The van der Waals surface area contributed by atoms with Gasteiger partial charge in [-0.05, 0) is 40.7 Å². The van der Waals surface area contributed by atoms with Crippen LogP contribution in [0.2, 0.25) is 0 Å². The van der Waals surface area contributed by atoms with E-state index in [0.29, 0.717) is 19.4 Å². The molecule has 0 saturated carbocycles. The van der Waals surface area contributed by atoms with Crippen LogP contribution in [0.3, 0.4) is 0 Å². The van der Waals surface area contributed by atoms with E-state index < -0.39 is 16.6 Å². The van der Waals surface area contributed by atoms with Crippen molar-refractivity contribution in [1.29, 1.82) is 0 Å². The molecule has 2 atom stereocenters. The van der Waals surface area contributed by atoms with Crippen LogP contribution in [0.4, 0.5) is 10.1 Å². The smallest absolute Gasteiger partial charge is 0.307 e. The number of piperidine rings is 1. The van der Waals surface area contributed by atoms with E-state index in [2.05, 4.69) is 15.2 Å². The summed E-state index contributed by atoms with van der Waals surface area (Å²) in [5.41, 5.74) is -1.85. The van der Waals surface area contributed by atoms with Gasteiger partial charge in [0.05, 0.1) is 11.0 Å². The van der Waals surface area contributed by atoms with Crippen LogP contribution >= 0.6 is 0 Å². The molecule has 0 spiro atoms. The summed E-state index contributed by atoms with van der Waals surface area (Å²) in [6, 6.07) is -0.442. The number of halogens is 1. The Hall–Kier alpha value is -2.03. The molecule has 0 bridgehead atoms. The van der Waals surface area contributed by atoms with Gasteiger partial charge in [0.1, 0.15) is 23.7 Å². The summed E-state index contributed by atoms with van der Waals surface area (Å²) in [5.74, 6) is 0. The van der Waals surface area contributed by atoms with Crippen molar-refractivity contribution in [2.75, 3.05) is 13.1 Å². The van der Waals surface area contributed by atoms with Gasteiger partial charge in [-0.15, -0.1) is 0 Å². The van der Waals surface area contributed by atoms with Gasteiger partial charge in [-0.25, -0.2) is 4.39 Å². The summed E-state index contributed by atoms with van der Waals surface area (Å²) in [7, 11) is 0. The lowest BCUT2D eigenvalue weighted by Gasteiger charge is -2.35. The average Bonchev–Trinajstić information content (AvgIpc) is 2.87. The Labute approximate surface area is 134 Å². The third kappa shape index (κ3) is 5.93. The molecule has 1 aromatic heterocycles. The fourth-order valence-corrected chi connectivity index (χ4v) is 2.14. The number of hydrogen-bond donors (Lipinski definition) is 1. The largest absolute Gasteiger partial charge is 0.462 e. The number of rotatable bonds is 3. The molecule has 23 heavy (non-hydrogen) atoms. The van der Waals surface area contributed by atoms with Crippen molar-refractivity contribution in [1.82, 2.24) is 15.1 Å². The van der Waals surface area contributed by atoms with E-state index >= 15 is 0 Å². The van der Waals surface area contributed by atoms with Crippen molar-refractivity contribution in [2.45, 2.75) is 51.4 Å². The van der Waals surface area contributed by atoms with Crippen LogP contribution < -0.4 is 5.32 Å². The van der Waals surface area contributed by atoms with Gasteiger partial charge in [-0.2, -0.15) is 5.10 Å². The summed E-state index contributed by atoms with van der Waals surface area (Å²) in [6.45, 7) is 8.34. The first-order valence-corrected chi connectivity index (χ1v) is 7.26. The first-order chi connectivity index (χ1) is 10.6. The standard InChI is InChI=1S/C9H13FN4O2.C5H10O2/c1-9(10)6-11-3-2-8(9)13-5-7(4-12-13)14(15)16;1-5(2,3)7-4-6/h4-5,8,11H,2-3,6H2,1H3;4H,1-3H3. The lowest BCUT2D eigenvalue weighted by Crippen LogP contribution is -2.47. The third-order valence-electron chi connectivity index (χ3n) is 3.28. The van der Waals surface area contributed by atoms with E-state index in [1.54, 1.807) is 0 Å². The van der Waals surface area contributed by atoms with Crippen LogP contribution in [-0.2, 0) is 9.53 Å². The van der Waals surface area contributed by atoms with Gasteiger partial charge in [-0.1, -0.05) is 0 Å². The molecule has 1 aliphatic rings. The summed E-state index contributed by atoms with van der Waals surface area (Å²) in [5, 5.41) is 17.3. The van der Waals surface area contributed by atoms with Crippen molar-refractivity contribution in [2.24, 2.45) is 0 Å². The minimum absolute atomic E-state index is 0.102. The Morgan fingerprint density at radius 2 is 2.26 bits per heavy atom. The molecule has 1 aromatic rings. The maximum absolute atomic E-state index is 14.1. The zero-order valence-electron chi connectivity index (χ0n) is 13.8. The molecule has 0 aromatic carbocycles. The fraction of sp³-hybridized carbons (Fsp3) is 0.714. The maximum atomic E-state index is 14.1. The number of alkyl halides is 1. The van der Waals surface area contributed by atoms with E-state index in [-0.39, 0.29) is 17.8 Å². The molecular weight excluding hydrogens is 307 g/mol. The van der Waals surface area contributed by atoms with Gasteiger partial charge in [0.15, 0.2) is 0 Å². The SMILES string of the molecule is CC(C)(C)OC=O.CC1(F)CNCCC1n1cc([N+](=O)[O-])cn1. The lowest BCUT2D eigenvalue weighted by atomic mass is 9.92. The highest BCUT2D eigenvalue weighted by atomic mass is 19.1. The highest BCUT2D eigenvalue weighted by Gasteiger charge is 2.38. The molecule has 8 nitrogen and oxygen atoms in total. The quantitative estimate of drug-likeness (QED) is 0.517. The number of carbonyl (C=O) groups is 1. The molecule has 9 heteroatoms. The molecule has 0 radical (unpaired) electrons. The normalized spacial score (nSPS) is 24.3. The van der Waals surface area contributed by atoms with Crippen LogP contribution in [0.5, 0.6) is 0 Å². The topological polar surface area (TPSA) is 99.3 Å². The highest BCUT2D eigenvalue weighted by molar-refractivity contribution is 5.37. The number of carbonyl (C=O) groups excluding carboxylic acids is 1. The second-order valence-corrected chi connectivity index (χ2v) is 6.52. The lowest BCUT2D eigenvalue weighted by molar-refractivity contribution is -0.385. The zero-order chi connectivity index (χ0) is 17.7. The molecule has 1 aliphatic heterocycles. The Balaban J connectivity index is 0.000000322. The van der Waals surface area contributed by atoms with E-state index in [9.17, 15) is 19.3 Å². The Morgan fingerprint density at radius 1 is 1.61 bits per heavy atom. The molecule has 2 rings (SSSR count). The van der Waals surface area contributed by atoms with E-state index in [4.69, 9.17) is 0 Å². The van der Waals surface area contributed by atoms with Gasteiger partial charge in [-0.3, -0.25) is 19.6 Å². The highest BCUT2D eigenvalue weighted by Crippen LogP contribution is 2.32. The molecule has 1 N–H and O–H groups in total. The maximum Gasteiger partial charge on any atom is 0.307 e. The van der Waals surface area contributed by atoms with Crippen LogP contribution in [0.15, 0.2) is 12.4 Å². The Kier molecular flexibility index (Phi) is 6.20. The van der Waals surface area contributed by atoms with Gasteiger partial charge < -0.3 is 10.1 Å². The third-order valence-corrected chi connectivity index (χ3v) is 3.28. The first-order valence-electron chi connectivity index (χ1n) is 7.26. The fourth-order valence-electron chi connectivity index (χ4n) is 2.14. The number of nitrogens with one attached hydrogen (secondary N) is 1. The number of hydrogen-bond acceptors (Lipinski definition) is 6. The summed E-state index contributed by atoms with van der Waals surface area (Å²) in [6.07, 6.45) is 3.01. The second kappa shape index (κ2) is 7.49.